The van der Waals surface area contributed by atoms with Crippen LogP contribution in [0.15, 0.2) is 60.7 Å². The Labute approximate surface area is 122 Å². The van der Waals surface area contributed by atoms with Crippen LogP contribution in [0.5, 0.6) is 0 Å². The molecule has 3 aromatic carbocycles. The molecular weight excluding hydrogens is 258 g/mol. The topological polar surface area (TPSA) is 43.8 Å². The quantitative estimate of drug-likeness (QED) is 0.533. The van der Waals surface area contributed by atoms with Crippen LogP contribution >= 0.6 is 0 Å². The van der Waals surface area contributed by atoms with Crippen molar-refractivity contribution in [3.05, 3.63) is 60.7 Å². The van der Waals surface area contributed by atoms with Crippen molar-refractivity contribution in [2.45, 2.75) is 0 Å². The highest BCUT2D eigenvalue weighted by Crippen LogP contribution is 2.31. The summed E-state index contributed by atoms with van der Waals surface area (Å²) < 4.78 is 2.09. The minimum atomic E-state index is 0.757. The Kier molecular flexibility index (Phi) is 2.48. The number of benzene rings is 3. The summed E-state index contributed by atoms with van der Waals surface area (Å²) in [7, 11) is 2.03. The third-order valence-electron chi connectivity index (χ3n) is 3.95. The van der Waals surface area contributed by atoms with E-state index >= 15 is 0 Å². The second kappa shape index (κ2) is 4.35. The molecule has 0 saturated carbocycles. The molecule has 0 aliphatic carbocycles. The predicted octanol–water partition coefficient (Wildman–Crippen LogP) is 3.98. The molecule has 0 atom stereocenters. The zero-order chi connectivity index (χ0) is 14.4. The van der Waals surface area contributed by atoms with Crippen molar-refractivity contribution in [3.8, 4) is 11.4 Å². The number of fused-ring (bicyclic) bond motifs is 2. The van der Waals surface area contributed by atoms with E-state index in [1.165, 1.54) is 5.39 Å². The molecule has 3 nitrogen and oxygen atoms in total. The molecule has 0 radical (unpaired) electrons. The lowest BCUT2D eigenvalue weighted by Crippen LogP contribution is -1.97. The molecule has 0 unspecified atom stereocenters. The van der Waals surface area contributed by atoms with Gasteiger partial charge in [-0.05, 0) is 35.0 Å². The van der Waals surface area contributed by atoms with Gasteiger partial charge in [0.05, 0.1) is 11.0 Å². The Hall–Kier alpha value is -2.81. The molecule has 3 heteroatoms. The first-order valence-electron chi connectivity index (χ1n) is 6.94. The normalized spacial score (nSPS) is 11.3. The number of nitrogen functional groups attached to an aromatic ring is 1. The second-order valence-electron chi connectivity index (χ2n) is 5.27. The Bertz CT molecular complexity index is 967. The van der Waals surface area contributed by atoms with Gasteiger partial charge in [0.25, 0.3) is 0 Å². The smallest absolute Gasteiger partial charge is 0.142 e. The first-order valence-corrected chi connectivity index (χ1v) is 6.94. The molecule has 0 aliphatic heterocycles. The lowest BCUT2D eigenvalue weighted by Gasteiger charge is -2.08. The maximum atomic E-state index is 6.26. The second-order valence-corrected chi connectivity index (χ2v) is 5.27. The molecule has 4 rings (SSSR count). The van der Waals surface area contributed by atoms with Crippen molar-refractivity contribution >= 4 is 27.5 Å². The van der Waals surface area contributed by atoms with Crippen LogP contribution in [0.2, 0.25) is 0 Å². The van der Waals surface area contributed by atoms with Crippen LogP contribution < -0.4 is 5.73 Å². The average molecular weight is 273 g/mol. The fraction of sp³-hybridized carbons (Fsp3) is 0.0556. The van der Waals surface area contributed by atoms with Gasteiger partial charge in [0, 0.05) is 18.3 Å². The van der Waals surface area contributed by atoms with Gasteiger partial charge >= 0.3 is 0 Å². The number of anilines is 1. The highest BCUT2D eigenvalue weighted by Gasteiger charge is 2.12. The number of aromatic nitrogens is 2. The van der Waals surface area contributed by atoms with E-state index in [0.29, 0.717) is 0 Å². The van der Waals surface area contributed by atoms with Crippen molar-refractivity contribution in [1.82, 2.24) is 9.55 Å². The number of nitrogens with two attached hydrogens (primary N) is 1. The van der Waals surface area contributed by atoms with E-state index < -0.39 is 0 Å². The van der Waals surface area contributed by atoms with Crippen molar-refractivity contribution in [2.75, 3.05) is 5.73 Å². The molecule has 1 aromatic heterocycles. The number of hydrogen-bond acceptors (Lipinski definition) is 2. The van der Waals surface area contributed by atoms with Crippen molar-refractivity contribution < 1.29 is 0 Å². The van der Waals surface area contributed by atoms with Gasteiger partial charge < -0.3 is 10.3 Å². The van der Waals surface area contributed by atoms with E-state index in [0.717, 1.165) is 33.5 Å². The van der Waals surface area contributed by atoms with Gasteiger partial charge in [0.15, 0.2) is 0 Å². The third kappa shape index (κ3) is 1.78. The summed E-state index contributed by atoms with van der Waals surface area (Å²) in [6.07, 6.45) is 0. The molecule has 2 N–H and O–H groups in total. The number of aryl methyl sites for hydroxylation is 1. The minimum absolute atomic E-state index is 0.757. The lowest BCUT2D eigenvalue weighted by molar-refractivity contribution is 0.960. The maximum Gasteiger partial charge on any atom is 0.142 e. The molecule has 0 amide bonds. The molecule has 21 heavy (non-hydrogen) atoms. The molecule has 0 spiro atoms. The van der Waals surface area contributed by atoms with E-state index in [1.807, 2.05) is 43.4 Å². The van der Waals surface area contributed by atoms with Crippen molar-refractivity contribution in [1.29, 1.82) is 0 Å². The number of rotatable bonds is 1. The zero-order valence-corrected chi connectivity index (χ0v) is 11.7. The van der Waals surface area contributed by atoms with Crippen LogP contribution in [0.25, 0.3) is 33.2 Å². The zero-order valence-electron chi connectivity index (χ0n) is 11.7. The SMILES string of the molecule is Cn1c(-c2cc3ccccc3cc2N)nc2ccccc21. The van der Waals surface area contributed by atoms with Gasteiger partial charge in [-0.1, -0.05) is 36.4 Å². The van der Waals surface area contributed by atoms with Gasteiger partial charge in [-0.2, -0.15) is 0 Å². The standard InChI is InChI=1S/C18H15N3/c1-21-17-9-5-4-8-16(17)20-18(21)14-10-12-6-2-3-7-13(12)11-15(14)19/h2-11H,19H2,1H3. The van der Waals surface area contributed by atoms with Gasteiger partial charge in [0.1, 0.15) is 5.82 Å². The molecule has 0 bridgehead atoms. The van der Waals surface area contributed by atoms with Gasteiger partial charge in [-0.15, -0.1) is 0 Å². The van der Waals surface area contributed by atoms with Gasteiger partial charge in [0.2, 0.25) is 0 Å². The van der Waals surface area contributed by atoms with E-state index in [1.54, 1.807) is 0 Å². The van der Waals surface area contributed by atoms with E-state index in [4.69, 9.17) is 10.7 Å². The fourth-order valence-corrected chi connectivity index (χ4v) is 2.84. The molecule has 4 aromatic rings. The van der Waals surface area contributed by atoms with Crippen LogP contribution in [-0.2, 0) is 7.05 Å². The number of imidazole rings is 1. The third-order valence-corrected chi connectivity index (χ3v) is 3.95. The monoisotopic (exact) mass is 273 g/mol. The molecular formula is C18H15N3. The molecule has 0 aliphatic rings. The number of hydrogen-bond donors (Lipinski definition) is 1. The average Bonchev–Trinajstić information content (AvgIpc) is 2.84. The van der Waals surface area contributed by atoms with E-state index in [-0.39, 0.29) is 0 Å². The van der Waals surface area contributed by atoms with Crippen molar-refractivity contribution in [2.24, 2.45) is 7.05 Å². The largest absolute Gasteiger partial charge is 0.398 e. The molecule has 102 valence electrons. The first kappa shape index (κ1) is 12.0. The predicted molar refractivity (Wildman–Crippen MR) is 88.1 cm³/mol. The molecule has 0 fully saturated rings. The summed E-state index contributed by atoms with van der Waals surface area (Å²) in [5.41, 5.74) is 10.1. The fourth-order valence-electron chi connectivity index (χ4n) is 2.84. The maximum absolute atomic E-state index is 6.26. The van der Waals surface area contributed by atoms with Crippen LogP contribution in [0.4, 0.5) is 5.69 Å². The molecule has 1 heterocycles. The Balaban J connectivity index is 2.03. The van der Waals surface area contributed by atoms with E-state index in [2.05, 4.69) is 28.8 Å². The van der Waals surface area contributed by atoms with Gasteiger partial charge in [-0.25, -0.2) is 4.98 Å². The highest BCUT2D eigenvalue weighted by atomic mass is 15.1. The lowest BCUT2D eigenvalue weighted by atomic mass is 10.0. The van der Waals surface area contributed by atoms with Crippen LogP contribution in [0.1, 0.15) is 0 Å². The first-order chi connectivity index (χ1) is 10.2. The Morgan fingerprint density at radius 1 is 0.905 bits per heavy atom. The van der Waals surface area contributed by atoms with Crippen LogP contribution in [0, 0.1) is 0 Å². The van der Waals surface area contributed by atoms with Crippen LogP contribution in [-0.4, -0.2) is 9.55 Å². The minimum Gasteiger partial charge on any atom is -0.398 e. The summed E-state index contributed by atoms with van der Waals surface area (Å²) in [6.45, 7) is 0. The number of nitrogens with zero attached hydrogens (tertiary/aromatic N) is 2. The Morgan fingerprint density at radius 2 is 1.57 bits per heavy atom. The number of para-hydroxylation sites is 2. The Morgan fingerprint density at radius 3 is 2.33 bits per heavy atom. The summed E-state index contributed by atoms with van der Waals surface area (Å²) >= 11 is 0. The summed E-state index contributed by atoms with van der Waals surface area (Å²) in [5.74, 6) is 0.902. The highest BCUT2D eigenvalue weighted by molar-refractivity contribution is 5.94. The van der Waals surface area contributed by atoms with Gasteiger partial charge in [-0.3, -0.25) is 0 Å². The van der Waals surface area contributed by atoms with E-state index in [9.17, 15) is 0 Å². The molecule has 0 saturated heterocycles. The summed E-state index contributed by atoms with van der Waals surface area (Å²) in [4.78, 5) is 4.73. The van der Waals surface area contributed by atoms with Crippen molar-refractivity contribution in [3.63, 3.8) is 0 Å². The summed E-state index contributed by atoms with van der Waals surface area (Å²) in [6, 6.07) is 20.5. The summed E-state index contributed by atoms with van der Waals surface area (Å²) in [5, 5.41) is 2.33. The van der Waals surface area contributed by atoms with Crippen LogP contribution in [0.3, 0.4) is 0 Å².